The second-order valence-electron chi connectivity index (χ2n) is 24.1. The van der Waals surface area contributed by atoms with Gasteiger partial charge in [0.1, 0.15) is 58.9 Å². The standard InChI is InChI=1S/C64H84N2O15/c1-12-14-16-31-66(32-17-15-13-2)58(74)38(7)26-30-63-56(72)41-33-45-49(68)48-54(78-59(75)39(8)65-57(73)40-21-23-42(24-22-40)76-60-52(71)51(70)50(69)46(35-67)77-60)44-27-29-62(11,28-18-19-36(3)4)79-53(44)43(25-20-37(5)6)55(48)80-64(45,63)47(34-41)61(9,10)81-63/h19-24,26-27,29,33,39,41,46-47,50-52,60,67,69-71H,12-18,25,28,30-32,34-35H2,1-11H3,(H,65,73)/t39?,41?,46-,47?,50-,51-,52-,60-,62?,63?,64?/m1/s1. The smallest absolute Gasteiger partial charge is 0.333 e. The number of allylic oxidation sites excluding steroid dienone is 5. The van der Waals surface area contributed by atoms with Gasteiger partial charge in [-0.1, -0.05) is 75.0 Å². The summed E-state index contributed by atoms with van der Waals surface area (Å²) in [6.45, 7) is 21.9. The average Bonchev–Trinajstić information content (AvgIpc) is 3.73. The number of hydrogen-bond donors (Lipinski definition) is 5. The Kier molecular flexibility index (Phi) is 18.5. The van der Waals surface area contributed by atoms with Gasteiger partial charge in [-0.05, 0) is 137 Å². The zero-order valence-corrected chi connectivity index (χ0v) is 49.0. The highest BCUT2D eigenvalue weighted by atomic mass is 16.7. The van der Waals surface area contributed by atoms with Gasteiger partial charge in [0, 0.05) is 53.6 Å². The van der Waals surface area contributed by atoms with Crippen LogP contribution < -0.4 is 24.3 Å². The van der Waals surface area contributed by atoms with E-state index in [0.717, 1.165) is 49.7 Å². The van der Waals surface area contributed by atoms with Gasteiger partial charge in [0.25, 0.3) is 5.91 Å². The average molecular weight is 1120 g/mol. The number of Topliss-reactive ketones (excluding diaryl/α,β-unsaturated/α-hetero) is 2. The lowest BCUT2D eigenvalue weighted by molar-refractivity contribution is -0.277. The molecule has 7 aliphatic rings. The first kappa shape index (κ1) is 61.1. The Morgan fingerprint density at radius 2 is 1.53 bits per heavy atom. The number of ketones is 2. The fourth-order valence-corrected chi connectivity index (χ4v) is 12.4. The maximum absolute atomic E-state index is 16.1. The number of carbonyl (C=O) groups excluding carboxylic acids is 5. The van der Waals surface area contributed by atoms with Crippen LogP contribution in [0.5, 0.6) is 23.0 Å². The summed E-state index contributed by atoms with van der Waals surface area (Å²) >= 11 is 0. The minimum Gasteiger partial charge on any atom is -0.482 e. The van der Waals surface area contributed by atoms with Gasteiger partial charge in [-0.3, -0.25) is 19.2 Å². The number of nitrogens with zero attached hydrogens (tertiary/aromatic N) is 1. The quantitative estimate of drug-likeness (QED) is 0.0230. The van der Waals surface area contributed by atoms with E-state index < -0.39 is 95.3 Å². The van der Waals surface area contributed by atoms with Crippen LogP contribution in [0.15, 0.2) is 76.9 Å². The molecule has 0 radical (unpaired) electrons. The fourth-order valence-electron chi connectivity index (χ4n) is 12.4. The summed E-state index contributed by atoms with van der Waals surface area (Å²) in [5.41, 5.74) is -1.52. The van der Waals surface area contributed by atoms with E-state index in [9.17, 15) is 34.8 Å². The minimum atomic E-state index is -1.73. The van der Waals surface area contributed by atoms with E-state index in [1.165, 1.54) is 31.2 Å². The lowest BCUT2D eigenvalue weighted by Gasteiger charge is -2.56. The zero-order chi connectivity index (χ0) is 58.9. The normalized spacial score (nSPS) is 28.8. The Labute approximate surface area is 476 Å². The lowest BCUT2D eigenvalue weighted by atomic mass is 9.51. The molecule has 4 heterocycles. The molecule has 81 heavy (non-hydrogen) atoms. The number of esters is 1. The maximum Gasteiger partial charge on any atom is 0.333 e. The van der Waals surface area contributed by atoms with Gasteiger partial charge in [0.15, 0.2) is 28.5 Å². The first-order chi connectivity index (χ1) is 38.4. The first-order valence-corrected chi connectivity index (χ1v) is 29.0. The molecule has 5 N–H and O–H groups in total. The summed E-state index contributed by atoms with van der Waals surface area (Å²) in [5, 5.41) is 43.2. The van der Waals surface area contributed by atoms with Crippen molar-refractivity contribution >= 4 is 35.4 Å². The zero-order valence-electron chi connectivity index (χ0n) is 49.0. The predicted octanol–water partition coefficient (Wildman–Crippen LogP) is 8.56. The second kappa shape index (κ2) is 24.5. The van der Waals surface area contributed by atoms with E-state index in [-0.39, 0.29) is 58.5 Å². The molecule has 4 aliphatic heterocycles. The molecule has 1 saturated carbocycles. The van der Waals surface area contributed by atoms with Crippen LogP contribution in [0, 0.1) is 11.8 Å². The number of amides is 2. The van der Waals surface area contributed by atoms with Gasteiger partial charge < -0.3 is 59.1 Å². The Morgan fingerprint density at radius 3 is 2.16 bits per heavy atom. The number of nitrogens with one attached hydrogen (secondary N) is 1. The third kappa shape index (κ3) is 11.7. The topological polar surface area (TPSA) is 237 Å². The van der Waals surface area contributed by atoms with Crippen LogP contribution in [0.25, 0.3) is 6.08 Å². The van der Waals surface area contributed by atoms with Gasteiger partial charge in [0.2, 0.25) is 12.2 Å². The monoisotopic (exact) mass is 1120 g/mol. The highest BCUT2D eigenvalue weighted by molar-refractivity contribution is 6.19. The van der Waals surface area contributed by atoms with Crippen molar-refractivity contribution in [2.45, 2.75) is 206 Å². The minimum absolute atomic E-state index is 0.0323. The number of ether oxygens (including phenoxy) is 6. The SMILES string of the molecule is CCCCCN(CCCCC)C(=O)C(C)=CCC12OC(C)(C)C3CC(C=C4C(=O)c5c(OC(=O)C(C)NC(=O)c6ccc(O[C@@H]7O[C@H](CO)[C@@H](O)[C@@H](O)[C@H]7O)cc6)c6c(c(CC=C(C)C)c5OC431)OC(C)(CCC=C(C)C)C=C6)C2=O. The van der Waals surface area contributed by atoms with E-state index in [1.54, 1.807) is 19.1 Å². The van der Waals surface area contributed by atoms with E-state index in [1.807, 2.05) is 71.6 Å². The van der Waals surface area contributed by atoms with Crippen LogP contribution in [0.4, 0.5) is 0 Å². The van der Waals surface area contributed by atoms with Gasteiger partial charge in [-0.25, -0.2) is 4.79 Å². The lowest BCUT2D eigenvalue weighted by Crippen LogP contribution is -2.72. The van der Waals surface area contributed by atoms with Gasteiger partial charge in [0.05, 0.1) is 17.8 Å². The van der Waals surface area contributed by atoms with E-state index in [0.29, 0.717) is 54.8 Å². The molecule has 1 spiro atoms. The summed E-state index contributed by atoms with van der Waals surface area (Å²) in [7, 11) is 0. The first-order valence-electron chi connectivity index (χ1n) is 29.0. The van der Waals surface area contributed by atoms with Crippen molar-refractivity contribution in [3.05, 3.63) is 99.2 Å². The van der Waals surface area contributed by atoms with Crippen LogP contribution in [0.2, 0.25) is 0 Å². The highest BCUT2D eigenvalue weighted by Crippen LogP contribution is 2.69. The van der Waals surface area contributed by atoms with Gasteiger partial charge in [-0.2, -0.15) is 0 Å². The number of aliphatic hydroxyl groups excluding tert-OH is 4. The molecule has 2 amide bonds. The summed E-state index contributed by atoms with van der Waals surface area (Å²) in [6, 6.07) is 4.33. The number of aliphatic hydroxyl groups is 4. The molecule has 4 bridgehead atoms. The molecule has 6 unspecified atom stereocenters. The van der Waals surface area contributed by atoms with Crippen molar-refractivity contribution in [2.75, 3.05) is 19.7 Å². The maximum atomic E-state index is 16.1. The van der Waals surface area contributed by atoms with Crippen LogP contribution >= 0.6 is 0 Å². The molecular weight excluding hydrogens is 1040 g/mol. The van der Waals surface area contributed by atoms with Crippen molar-refractivity contribution in [2.24, 2.45) is 11.8 Å². The largest absolute Gasteiger partial charge is 0.482 e. The van der Waals surface area contributed by atoms with Crippen molar-refractivity contribution in [1.82, 2.24) is 10.2 Å². The second-order valence-corrected chi connectivity index (χ2v) is 24.1. The number of hydrogen-bond acceptors (Lipinski definition) is 15. The summed E-state index contributed by atoms with van der Waals surface area (Å²) in [6.07, 6.45) is 11.4. The third-order valence-electron chi connectivity index (χ3n) is 16.9. The van der Waals surface area contributed by atoms with E-state index >= 15 is 9.59 Å². The molecule has 17 nitrogen and oxygen atoms in total. The van der Waals surface area contributed by atoms with Crippen molar-refractivity contribution in [1.29, 1.82) is 0 Å². The molecule has 9 rings (SSSR count). The number of fused-ring (bicyclic) bond motifs is 2. The summed E-state index contributed by atoms with van der Waals surface area (Å²) in [4.78, 5) is 76.0. The number of unbranched alkanes of at least 4 members (excludes halogenated alkanes) is 4. The van der Waals surface area contributed by atoms with Gasteiger partial charge in [-0.15, -0.1) is 0 Å². The Hall–Kier alpha value is -5.95. The Balaban J connectivity index is 1.18. The highest BCUT2D eigenvalue weighted by Gasteiger charge is 2.81. The molecule has 2 aromatic rings. The molecule has 440 valence electrons. The van der Waals surface area contributed by atoms with Gasteiger partial charge >= 0.3 is 5.97 Å². The molecule has 17 heteroatoms. The number of rotatable bonds is 23. The molecular formula is C64H84N2O15. The summed E-state index contributed by atoms with van der Waals surface area (Å²) in [5.74, 6) is -3.22. The van der Waals surface area contributed by atoms with Crippen LogP contribution in [-0.2, 0) is 30.3 Å². The molecule has 11 atom stereocenters. The predicted molar refractivity (Wildman–Crippen MR) is 304 cm³/mol. The van der Waals surface area contributed by atoms with Crippen LogP contribution in [0.1, 0.15) is 172 Å². The van der Waals surface area contributed by atoms with Crippen molar-refractivity contribution in [3.8, 4) is 23.0 Å². The Morgan fingerprint density at radius 1 is 0.864 bits per heavy atom. The molecule has 0 aromatic heterocycles. The van der Waals surface area contributed by atoms with Crippen LogP contribution in [0.3, 0.4) is 0 Å². The van der Waals surface area contributed by atoms with Crippen LogP contribution in [-0.4, -0.2) is 134 Å². The molecule has 3 fully saturated rings. The summed E-state index contributed by atoms with van der Waals surface area (Å²) < 4.78 is 39.4. The Bertz CT molecular complexity index is 2900. The van der Waals surface area contributed by atoms with E-state index in [4.69, 9.17) is 28.4 Å². The van der Waals surface area contributed by atoms with E-state index in [2.05, 4.69) is 25.2 Å². The molecule has 2 aromatic carbocycles. The van der Waals surface area contributed by atoms with Crippen molar-refractivity contribution < 1.29 is 72.8 Å². The number of carbonyl (C=O) groups is 5. The van der Waals surface area contributed by atoms with Crippen molar-refractivity contribution in [3.63, 3.8) is 0 Å². The third-order valence-corrected chi connectivity index (χ3v) is 16.9. The fraction of sp³-hybridized carbons (Fsp3) is 0.578. The molecule has 2 saturated heterocycles. The number of benzene rings is 2. The molecule has 3 aliphatic carbocycles.